The SMILES string of the molecule is CC(C)CN(C(=O)OC(C)(C)C)c1cc(CCc2cccc3ccccc23)nc(Cl)n1. The number of hydrogen-bond acceptors (Lipinski definition) is 4. The van der Waals surface area contributed by atoms with Gasteiger partial charge >= 0.3 is 6.09 Å². The van der Waals surface area contributed by atoms with Crippen LogP contribution in [0.4, 0.5) is 10.6 Å². The number of aromatic nitrogens is 2. The quantitative estimate of drug-likeness (QED) is 0.413. The van der Waals surface area contributed by atoms with Gasteiger partial charge < -0.3 is 4.74 Å². The maximum Gasteiger partial charge on any atom is 0.416 e. The van der Waals surface area contributed by atoms with Gasteiger partial charge in [-0.05, 0) is 67.5 Å². The zero-order valence-corrected chi connectivity index (χ0v) is 19.6. The van der Waals surface area contributed by atoms with Crippen LogP contribution in [0.1, 0.15) is 45.9 Å². The smallest absolute Gasteiger partial charge is 0.416 e. The molecular weight excluding hydrogens is 410 g/mol. The van der Waals surface area contributed by atoms with Gasteiger partial charge in [0.15, 0.2) is 0 Å². The minimum atomic E-state index is -0.597. The summed E-state index contributed by atoms with van der Waals surface area (Å²) in [6, 6.07) is 16.5. The van der Waals surface area contributed by atoms with Crippen LogP contribution in [0.5, 0.6) is 0 Å². The number of aryl methyl sites for hydroxylation is 2. The van der Waals surface area contributed by atoms with Crippen LogP contribution in [-0.4, -0.2) is 28.2 Å². The van der Waals surface area contributed by atoms with E-state index in [-0.39, 0.29) is 11.2 Å². The molecule has 0 saturated heterocycles. The molecule has 6 heteroatoms. The first-order chi connectivity index (χ1) is 14.6. The number of benzene rings is 2. The third kappa shape index (κ3) is 6.41. The molecule has 164 valence electrons. The van der Waals surface area contributed by atoms with Gasteiger partial charge in [0.05, 0.1) is 0 Å². The summed E-state index contributed by atoms with van der Waals surface area (Å²) in [5, 5.41) is 2.58. The highest BCUT2D eigenvalue weighted by atomic mass is 35.5. The molecule has 0 fully saturated rings. The van der Waals surface area contributed by atoms with Crippen LogP contribution in [0, 0.1) is 5.92 Å². The van der Waals surface area contributed by atoms with E-state index >= 15 is 0 Å². The van der Waals surface area contributed by atoms with Crippen molar-refractivity contribution in [3.05, 3.63) is 65.1 Å². The molecule has 31 heavy (non-hydrogen) atoms. The van der Waals surface area contributed by atoms with E-state index < -0.39 is 11.7 Å². The van der Waals surface area contributed by atoms with Crippen LogP contribution < -0.4 is 4.90 Å². The molecule has 0 saturated carbocycles. The Morgan fingerprint density at radius 2 is 1.77 bits per heavy atom. The van der Waals surface area contributed by atoms with Gasteiger partial charge in [0.1, 0.15) is 11.4 Å². The number of ether oxygens (including phenoxy) is 1. The summed E-state index contributed by atoms with van der Waals surface area (Å²) in [7, 11) is 0. The largest absolute Gasteiger partial charge is 0.443 e. The summed E-state index contributed by atoms with van der Waals surface area (Å²) in [6.45, 7) is 10.1. The van der Waals surface area contributed by atoms with E-state index in [1.807, 2.05) is 46.8 Å². The molecule has 0 N–H and O–H groups in total. The first kappa shape index (κ1) is 23.0. The van der Waals surface area contributed by atoms with Crippen LogP contribution >= 0.6 is 11.6 Å². The average molecular weight is 440 g/mol. The Morgan fingerprint density at radius 3 is 2.48 bits per heavy atom. The lowest BCUT2D eigenvalue weighted by molar-refractivity contribution is 0.0575. The van der Waals surface area contributed by atoms with E-state index in [1.54, 1.807) is 4.90 Å². The maximum absolute atomic E-state index is 12.8. The fourth-order valence-electron chi connectivity index (χ4n) is 3.43. The highest BCUT2D eigenvalue weighted by Crippen LogP contribution is 2.23. The van der Waals surface area contributed by atoms with Crippen molar-refractivity contribution in [3.63, 3.8) is 0 Å². The monoisotopic (exact) mass is 439 g/mol. The Hall–Kier alpha value is -2.66. The summed E-state index contributed by atoms with van der Waals surface area (Å²) < 4.78 is 5.60. The summed E-state index contributed by atoms with van der Waals surface area (Å²) in [4.78, 5) is 23.1. The van der Waals surface area contributed by atoms with E-state index in [2.05, 4.69) is 46.4 Å². The number of rotatable bonds is 6. The normalized spacial score (nSPS) is 11.7. The van der Waals surface area contributed by atoms with Crippen LogP contribution in [0.3, 0.4) is 0 Å². The number of carbonyl (C=O) groups is 1. The maximum atomic E-state index is 12.8. The van der Waals surface area contributed by atoms with Crippen molar-refractivity contribution in [1.82, 2.24) is 9.97 Å². The molecule has 1 aromatic heterocycles. The lowest BCUT2D eigenvalue weighted by Gasteiger charge is -2.28. The highest BCUT2D eigenvalue weighted by molar-refractivity contribution is 6.28. The topological polar surface area (TPSA) is 55.3 Å². The Morgan fingerprint density at radius 1 is 1.06 bits per heavy atom. The fraction of sp³-hybridized carbons (Fsp3) is 0.400. The molecule has 0 bridgehead atoms. The zero-order chi connectivity index (χ0) is 22.6. The molecule has 1 heterocycles. The highest BCUT2D eigenvalue weighted by Gasteiger charge is 2.25. The minimum absolute atomic E-state index is 0.128. The third-order valence-corrected chi connectivity index (χ3v) is 4.88. The lowest BCUT2D eigenvalue weighted by Crippen LogP contribution is -2.39. The van der Waals surface area contributed by atoms with Gasteiger partial charge in [0, 0.05) is 18.3 Å². The standard InChI is InChI=1S/C25H30ClN3O2/c1-17(2)16-29(24(30)31-25(3,4)5)22-15-20(27-23(26)28-22)14-13-19-11-8-10-18-9-6-7-12-21(18)19/h6-12,15,17H,13-14,16H2,1-5H3. The van der Waals surface area contributed by atoms with Gasteiger partial charge in [-0.1, -0.05) is 56.3 Å². The molecule has 3 rings (SSSR count). The Balaban J connectivity index is 1.86. The van der Waals surface area contributed by atoms with Gasteiger partial charge in [-0.25, -0.2) is 14.8 Å². The van der Waals surface area contributed by atoms with Crippen LogP contribution in [0.15, 0.2) is 48.5 Å². The Bertz CT molecular complexity index is 1050. The van der Waals surface area contributed by atoms with Gasteiger partial charge in [0.25, 0.3) is 0 Å². The van der Waals surface area contributed by atoms with Crippen molar-refractivity contribution < 1.29 is 9.53 Å². The van der Waals surface area contributed by atoms with Crippen molar-refractivity contribution in [2.45, 2.75) is 53.1 Å². The van der Waals surface area contributed by atoms with Crippen LogP contribution in [0.2, 0.25) is 5.28 Å². The van der Waals surface area contributed by atoms with Gasteiger partial charge in [-0.2, -0.15) is 0 Å². The number of hydrogen-bond donors (Lipinski definition) is 0. The second-order valence-electron chi connectivity index (χ2n) is 9.11. The van der Waals surface area contributed by atoms with E-state index in [1.165, 1.54) is 16.3 Å². The summed E-state index contributed by atoms with van der Waals surface area (Å²) in [6.07, 6.45) is 1.06. The van der Waals surface area contributed by atoms with Crippen LogP contribution in [0.25, 0.3) is 10.8 Å². The molecule has 0 unspecified atom stereocenters. The molecule has 1 amide bonds. The van der Waals surface area contributed by atoms with Gasteiger partial charge in [-0.3, -0.25) is 4.90 Å². The molecule has 5 nitrogen and oxygen atoms in total. The van der Waals surface area contributed by atoms with Gasteiger partial charge in [-0.15, -0.1) is 0 Å². The third-order valence-electron chi connectivity index (χ3n) is 4.71. The van der Waals surface area contributed by atoms with E-state index in [4.69, 9.17) is 16.3 Å². The van der Waals surface area contributed by atoms with Crippen molar-refractivity contribution in [3.8, 4) is 0 Å². The van der Waals surface area contributed by atoms with E-state index in [0.29, 0.717) is 18.8 Å². The summed E-state index contributed by atoms with van der Waals surface area (Å²) in [5.74, 6) is 0.705. The first-order valence-electron chi connectivity index (χ1n) is 10.6. The minimum Gasteiger partial charge on any atom is -0.443 e. The molecular formula is C25H30ClN3O2. The van der Waals surface area contributed by atoms with E-state index in [0.717, 1.165) is 12.1 Å². The first-order valence-corrected chi connectivity index (χ1v) is 11.0. The predicted molar refractivity (Wildman–Crippen MR) is 127 cm³/mol. The summed E-state index contributed by atoms with van der Waals surface area (Å²) in [5.41, 5.74) is 1.45. The second-order valence-corrected chi connectivity index (χ2v) is 9.45. The Labute approximate surface area is 189 Å². The van der Waals surface area contributed by atoms with Crippen LogP contribution in [-0.2, 0) is 17.6 Å². The number of nitrogens with zero attached hydrogens (tertiary/aromatic N) is 3. The number of amides is 1. The van der Waals surface area contributed by atoms with Crippen molar-refractivity contribution in [2.75, 3.05) is 11.4 Å². The number of carbonyl (C=O) groups excluding carboxylic acids is 1. The van der Waals surface area contributed by atoms with Crippen molar-refractivity contribution >= 4 is 34.3 Å². The predicted octanol–water partition coefficient (Wildman–Crippen LogP) is 6.47. The molecule has 0 aliphatic carbocycles. The molecule has 0 aliphatic heterocycles. The number of halogens is 1. The van der Waals surface area contributed by atoms with Crippen molar-refractivity contribution in [2.24, 2.45) is 5.92 Å². The average Bonchev–Trinajstić information content (AvgIpc) is 2.68. The zero-order valence-electron chi connectivity index (χ0n) is 18.9. The number of anilines is 1. The second kappa shape index (κ2) is 9.65. The molecule has 0 radical (unpaired) electrons. The lowest BCUT2D eigenvalue weighted by atomic mass is 10.00. The van der Waals surface area contributed by atoms with Gasteiger partial charge in [0.2, 0.25) is 5.28 Å². The van der Waals surface area contributed by atoms with E-state index in [9.17, 15) is 4.79 Å². The molecule has 0 spiro atoms. The Kier molecular flexibility index (Phi) is 7.16. The fourth-order valence-corrected chi connectivity index (χ4v) is 3.63. The number of fused-ring (bicyclic) bond motifs is 1. The molecule has 3 aromatic rings. The van der Waals surface area contributed by atoms with Crippen molar-refractivity contribution in [1.29, 1.82) is 0 Å². The molecule has 2 aromatic carbocycles. The molecule has 0 atom stereocenters. The molecule has 0 aliphatic rings. The summed E-state index contributed by atoms with van der Waals surface area (Å²) >= 11 is 6.24.